The molecule has 2 saturated heterocycles. The monoisotopic (exact) mass is 421 g/mol. The van der Waals surface area contributed by atoms with Gasteiger partial charge in [-0.2, -0.15) is 0 Å². The molecular formula is C25H28FN3O2. The summed E-state index contributed by atoms with van der Waals surface area (Å²) in [5.41, 5.74) is 1.60. The van der Waals surface area contributed by atoms with Gasteiger partial charge in [-0.3, -0.25) is 9.59 Å². The quantitative estimate of drug-likeness (QED) is 0.711. The highest BCUT2D eigenvalue weighted by atomic mass is 19.1. The van der Waals surface area contributed by atoms with Crippen LogP contribution in [0.15, 0.2) is 60.7 Å². The van der Waals surface area contributed by atoms with Gasteiger partial charge >= 0.3 is 0 Å². The summed E-state index contributed by atoms with van der Waals surface area (Å²) < 4.78 is 14.0. The van der Waals surface area contributed by atoms with Crippen molar-refractivity contribution in [1.82, 2.24) is 9.80 Å². The summed E-state index contributed by atoms with van der Waals surface area (Å²) in [7, 11) is 0. The van der Waals surface area contributed by atoms with Gasteiger partial charge in [0.1, 0.15) is 5.82 Å². The number of carbonyl (C=O) groups excluding carboxylic acids is 2. The number of hydrogen-bond acceptors (Lipinski definition) is 3. The van der Waals surface area contributed by atoms with E-state index >= 15 is 0 Å². The molecule has 0 aromatic heterocycles. The maximum atomic E-state index is 14.0. The molecule has 0 atom stereocenters. The first-order chi connectivity index (χ1) is 15.1. The summed E-state index contributed by atoms with van der Waals surface area (Å²) in [5, 5.41) is 0. The van der Waals surface area contributed by atoms with Crippen LogP contribution in [-0.4, -0.2) is 60.9 Å². The molecule has 2 aromatic carbocycles. The Balaban J connectivity index is 1.25. The van der Waals surface area contributed by atoms with Crippen molar-refractivity contribution < 1.29 is 14.0 Å². The first kappa shape index (κ1) is 21.1. The molecule has 2 heterocycles. The number of rotatable bonds is 4. The number of halogens is 1. The molecule has 0 unspecified atom stereocenters. The van der Waals surface area contributed by atoms with E-state index in [2.05, 4.69) is 0 Å². The number of amides is 2. The van der Waals surface area contributed by atoms with Crippen molar-refractivity contribution in [2.45, 2.75) is 12.8 Å². The van der Waals surface area contributed by atoms with Crippen molar-refractivity contribution in [1.29, 1.82) is 0 Å². The second-order valence-electron chi connectivity index (χ2n) is 8.11. The molecule has 2 aromatic rings. The first-order valence-corrected chi connectivity index (χ1v) is 10.9. The second-order valence-corrected chi connectivity index (χ2v) is 8.11. The topological polar surface area (TPSA) is 43.9 Å². The van der Waals surface area contributed by atoms with E-state index < -0.39 is 0 Å². The van der Waals surface area contributed by atoms with Crippen LogP contribution in [0.25, 0.3) is 6.08 Å². The molecule has 6 heteroatoms. The van der Waals surface area contributed by atoms with Gasteiger partial charge in [0, 0.05) is 51.3 Å². The van der Waals surface area contributed by atoms with Crippen LogP contribution >= 0.6 is 0 Å². The van der Waals surface area contributed by atoms with Gasteiger partial charge in [0.2, 0.25) is 11.8 Å². The van der Waals surface area contributed by atoms with Crippen LogP contribution in [0.4, 0.5) is 10.1 Å². The minimum atomic E-state index is -0.222. The van der Waals surface area contributed by atoms with Gasteiger partial charge < -0.3 is 14.7 Å². The normalized spacial score (nSPS) is 17.9. The minimum Gasteiger partial charge on any atom is -0.366 e. The Hall–Kier alpha value is -3.15. The third-order valence-corrected chi connectivity index (χ3v) is 6.16. The minimum absolute atomic E-state index is 0.00625. The van der Waals surface area contributed by atoms with E-state index in [1.807, 2.05) is 57.2 Å². The summed E-state index contributed by atoms with van der Waals surface area (Å²) in [6, 6.07) is 16.5. The third-order valence-electron chi connectivity index (χ3n) is 6.16. The summed E-state index contributed by atoms with van der Waals surface area (Å²) in [5.74, 6) is -0.101. The number of anilines is 1. The van der Waals surface area contributed by atoms with E-state index in [4.69, 9.17) is 0 Å². The number of likely N-dealkylation sites (tertiary alicyclic amines) is 1. The zero-order chi connectivity index (χ0) is 21.6. The van der Waals surface area contributed by atoms with Gasteiger partial charge in [0.05, 0.1) is 5.69 Å². The van der Waals surface area contributed by atoms with Gasteiger partial charge in [0.25, 0.3) is 0 Å². The Kier molecular flexibility index (Phi) is 6.65. The number of hydrogen-bond donors (Lipinski definition) is 0. The van der Waals surface area contributed by atoms with Gasteiger partial charge in [0.15, 0.2) is 0 Å². The second kappa shape index (κ2) is 9.77. The predicted octanol–water partition coefficient (Wildman–Crippen LogP) is 3.43. The fraction of sp³-hybridized carbons (Fsp3) is 0.360. The van der Waals surface area contributed by atoms with E-state index in [9.17, 15) is 14.0 Å². The van der Waals surface area contributed by atoms with Gasteiger partial charge in [-0.1, -0.05) is 42.5 Å². The lowest BCUT2D eigenvalue weighted by Crippen LogP contribution is -2.52. The van der Waals surface area contributed by atoms with Crippen molar-refractivity contribution in [3.05, 3.63) is 72.1 Å². The highest BCUT2D eigenvalue weighted by Gasteiger charge is 2.31. The lowest BCUT2D eigenvalue weighted by Gasteiger charge is -2.39. The average Bonchev–Trinajstić information content (AvgIpc) is 2.83. The lowest BCUT2D eigenvalue weighted by molar-refractivity contribution is -0.139. The van der Waals surface area contributed by atoms with Crippen molar-refractivity contribution in [2.75, 3.05) is 44.2 Å². The molecule has 0 N–H and O–H groups in total. The van der Waals surface area contributed by atoms with Crippen LogP contribution < -0.4 is 4.90 Å². The number of carbonyl (C=O) groups is 2. The van der Waals surface area contributed by atoms with Gasteiger partial charge in [-0.15, -0.1) is 0 Å². The predicted molar refractivity (Wildman–Crippen MR) is 120 cm³/mol. The zero-order valence-corrected chi connectivity index (χ0v) is 17.6. The summed E-state index contributed by atoms with van der Waals surface area (Å²) in [6.07, 6.45) is 4.82. The van der Waals surface area contributed by atoms with Crippen molar-refractivity contribution >= 4 is 23.6 Å². The molecule has 31 heavy (non-hydrogen) atoms. The van der Waals surface area contributed by atoms with E-state index in [0.29, 0.717) is 57.8 Å². The van der Waals surface area contributed by atoms with Crippen molar-refractivity contribution in [2.24, 2.45) is 5.92 Å². The average molecular weight is 422 g/mol. The molecule has 0 bridgehead atoms. The van der Waals surface area contributed by atoms with Crippen LogP contribution in [0.5, 0.6) is 0 Å². The summed E-state index contributed by atoms with van der Waals surface area (Å²) in [6.45, 7) is 3.67. The Bertz CT molecular complexity index is 931. The molecule has 2 fully saturated rings. The van der Waals surface area contributed by atoms with Crippen LogP contribution in [0.1, 0.15) is 18.4 Å². The third kappa shape index (κ3) is 5.13. The Morgan fingerprint density at radius 1 is 0.806 bits per heavy atom. The number of piperazine rings is 1. The molecule has 4 rings (SSSR count). The highest BCUT2D eigenvalue weighted by molar-refractivity contribution is 5.92. The van der Waals surface area contributed by atoms with E-state index in [1.54, 1.807) is 18.2 Å². The fourth-order valence-electron chi connectivity index (χ4n) is 4.32. The van der Waals surface area contributed by atoms with E-state index in [1.165, 1.54) is 6.07 Å². The van der Waals surface area contributed by atoms with Crippen molar-refractivity contribution in [3.63, 3.8) is 0 Å². The van der Waals surface area contributed by atoms with Crippen LogP contribution in [0.2, 0.25) is 0 Å². The molecule has 2 amide bonds. The number of piperidine rings is 1. The lowest BCUT2D eigenvalue weighted by atomic mass is 9.95. The molecule has 0 spiro atoms. The fourth-order valence-corrected chi connectivity index (χ4v) is 4.32. The highest BCUT2D eigenvalue weighted by Crippen LogP contribution is 2.23. The number of nitrogens with zero attached hydrogens (tertiary/aromatic N) is 3. The molecule has 0 aliphatic carbocycles. The molecule has 0 saturated carbocycles. The first-order valence-electron chi connectivity index (χ1n) is 10.9. The van der Waals surface area contributed by atoms with Crippen LogP contribution in [0, 0.1) is 11.7 Å². The SMILES string of the molecule is O=C(C=Cc1ccccc1)N1CCC(C(=O)N2CCN(c3ccccc3F)CC2)CC1. The number of benzene rings is 2. The van der Waals surface area contributed by atoms with Gasteiger partial charge in [-0.25, -0.2) is 4.39 Å². The molecule has 5 nitrogen and oxygen atoms in total. The maximum Gasteiger partial charge on any atom is 0.246 e. The van der Waals surface area contributed by atoms with Crippen LogP contribution in [0.3, 0.4) is 0 Å². The number of para-hydroxylation sites is 1. The smallest absolute Gasteiger partial charge is 0.246 e. The molecule has 2 aliphatic heterocycles. The largest absolute Gasteiger partial charge is 0.366 e. The molecular weight excluding hydrogens is 393 g/mol. The van der Waals surface area contributed by atoms with Gasteiger partial charge in [-0.05, 0) is 36.6 Å². The Labute approximate surface area is 182 Å². The van der Waals surface area contributed by atoms with E-state index in [0.717, 1.165) is 5.56 Å². The van der Waals surface area contributed by atoms with Crippen LogP contribution in [-0.2, 0) is 9.59 Å². The standard InChI is InChI=1S/C25H28FN3O2/c26-22-8-4-5-9-23(22)27-16-18-29(19-17-27)25(31)21-12-14-28(15-13-21)24(30)11-10-20-6-2-1-3-7-20/h1-11,21H,12-19H2. The maximum absolute atomic E-state index is 14.0. The Morgan fingerprint density at radius 2 is 1.45 bits per heavy atom. The summed E-state index contributed by atoms with van der Waals surface area (Å²) >= 11 is 0. The van der Waals surface area contributed by atoms with E-state index in [-0.39, 0.29) is 23.5 Å². The van der Waals surface area contributed by atoms with Crippen molar-refractivity contribution in [3.8, 4) is 0 Å². The zero-order valence-electron chi connectivity index (χ0n) is 17.6. The molecule has 162 valence electrons. The summed E-state index contributed by atoms with van der Waals surface area (Å²) in [4.78, 5) is 31.1. The molecule has 2 aliphatic rings. The molecule has 0 radical (unpaired) electrons. The Morgan fingerprint density at radius 3 is 2.13 bits per heavy atom.